The molecule has 0 spiro atoms. The number of piperidine rings is 1. The van der Waals surface area contributed by atoms with Crippen LogP contribution in [0.4, 0.5) is 24.5 Å². The van der Waals surface area contributed by atoms with E-state index in [1.165, 1.54) is 12.1 Å². The highest BCUT2D eigenvalue weighted by Crippen LogP contribution is 2.32. The molecular formula is C35H35F3N4O2. The summed E-state index contributed by atoms with van der Waals surface area (Å²) in [6.07, 6.45) is -2.67. The molecule has 44 heavy (non-hydrogen) atoms. The summed E-state index contributed by atoms with van der Waals surface area (Å²) in [5, 5.41) is 9.45. The van der Waals surface area contributed by atoms with Crippen LogP contribution in [-0.4, -0.2) is 42.4 Å². The number of rotatable bonds is 9. The third-order valence-electron chi connectivity index (χ3n) is 7.82. The van der Waals surface area contributed by atoms with Gasteiger partial charge in [0.1, 0.15) is 6.04 Å². The summed E-state index contributed by atoms with van der Waals surface area (Å²) in [7, 11) is 0. The van der Waals surface area contributed by atoms with Crippen molar-refractivity contribution in [3.63, 3.8) is 0 Å². The molecule has 9 heteroatoms. The number of likely N-dealkylation sites (tertiary alicyclic amines) is 1. The molecule has 0 aliphatic carbocycles. The number of nitrogens with one attached hydrogen (secondary N) is 3. The topological polar surface area (TPSA) is 73.5 Å². The first-order valence-electron chi connectivity index (χ1n) is 14.7. The van der Waals surface area contributed by atoms with Gasteiger partial charge in [0.15, 0.2) is 0 Å². The Morgan fingerprint density at radius 3 is 2.07 bits per heavy atom. The van der Waals surface area contributed by atoms with E-state index < -0.39 is 11.7 Å². The smallest absolute Gasteiger partial charge is 0.382 e. The van der Waals surface area contributed by atoms with Gasteiger partial charge in [0.25, 0.3) is 5.91 Å². The minimum Gasteiger partial charge on any atom is -0.382 e. The van der Waals surface area contributed by atoms with E-state index in [0.29, 0.717) is 28.9 Å². The van der Waals surface area contributed by atoms with Gasteiger partial charge in [-0.2, -0.15) is 13.2 Å². The first kappa shape index (κ1) is 30.8. The first-order valence-corrected chi connectivity index (χ1v) is 14.7. The Labute approximate surface area is 255 Å². The number of carbonyl (C=O) groups excluding carboxylic acids is 2. The second-order valence-corrected chi connectivity index (χ2v) is 10.8. The third-order valence-corrected chi connectivity index (χ3v) is 7.82. The van der Waals surface area contributed by atoms with E-state index in [1.807, 2.05) is 61.5 Å². The lowest BCUT2D eigenvalue weighted by molar-refractivity contribution is -0.137. The van der Waals surface area contributed by atoms with Gasteiger partial charge in [-0.1, -0.05) is 60.7 Å². The van der Waals surface area contributed by atoms with Crippen LogP contribution in [-0.2, 0) is 11.0 Å². The maximum atomic E-state index is 13.2. The molecule has 1 saturated heterocycles. The van der Waals surface area contributed by atoms with Gasteiger partial charge >= 0.3 is 6.18 Å². The molecule has 4 aromatic rings. The number of hydrogen-bond donors (Lipinski definition) is 3. The lowest BCUT2D eigenvalue weighted by Gasteiger charge is -2.37. The third kappa shape index (κ3) is 7.47. The van der Waals surface area contributed by atoms with Crippen LogP contribution in [0.2, 0.25) is 0 Å². The lowest BCUT2D eigenvalue weighted by Crippen LogP contribution is -2.46. The van der Waals surface area contributed by atoms with Gasteiger partial charge in [0.05, 0.1) is 5.56 Å². The van der Waals surface area contributed by atoms with E-state index >= 15 is 0 Å². The maximum Gasteiger partial charge on any atom is 0.416 e. The first-order chi connectivity index (χ1) is 21.2. The average Bonchev–Trinajstić information content (AvgIpc) is 3.03. The summed E-state index contributed by atoms with van der Waals surface area (Å²) in [4.78, 5) is 28.3. The molecule has 1 fully saturated rings. The van der Waals surface area contributed by atoms with Crippen molar-refractivity contribution in [3.05, 3.63) is 120 Å². The summed E-state index contributed by atoms with van der Waals surface area (Å²) < 4.78 is 39.0. The molecule has 5 rings (SSSR count). The molecule has 0 radical (unpaired) electrons. The number of nitrogens with zero attached hydrogens (tertiary/aromatic N) is 1. The Morgan fingerprint density at radius 1 is 0.818 bits per heavy atom. The lowest BCUT2D eigenvalue weighted by atomic mass is 9.98. The average molecular weight is 601 g/mol. The minimum absolute atomic E-state index is 0.0183. The zero-order valence-corrected chi connectivity index (χ0v) is 24.4. The summed E-state index contributed by atoms with van der Waals surface area (Å²) >= 11 is 0. The van der Waals surface area contributed by atoms with E-state index in [1.54, 1.807) is 24.3 Å². The van der Waals surface area contributed by atoms with Crippen molar-refractivity contribution >= 4 is 23.2 Å². The minimum atomic E-state index is -4.42. The number of amides is 2. The fraction of sp³-hybridized carbons (Fsp3) is 0.257. The molecule has 1 unspecified atom stereocenters. The van der Waals surface area contributed by atoms with Crippen LogP contribution in [0, 0.1) is 0 Å². The van der Waals surface area contributed by atoms with E-state index in [2.05, 4.69) is 20.9 Å². The Morgan fingerprint density at radius 2 is 1.43 bits per heavy atom. The summed E-state index contributed by atoms with van der Waals surface area (Å²) in [5.41, 5.74) is 3.21. The summed E-state index contributed by atoms with van der Waals surface area (Å²) in [6.45, 7) is 4.07. The number of anilines is 2. The number of benzene rings is 4. The van der Waals surface area contributed by atoms with Crippen LogP contribution in [0.1, 0.15) is 47.3 Å². The molecule has 2 amide bonds. The van der Waals surface area contributed by atoms with Crippen molar-refractivity contribution < 1.29 is 22.8 Å². The summed E-state index contributed by atoms with van der Waals surface area (Å²) in [6, 6.07) is 28.9. The Balaban J connectivity index is 1.18. The fourth-order valence-corrected chi connectivity index (χ4v) is 5.59. The number of hydrogen-bond acceptors (Lipinski definition) is 4. The van der Waals surface area contributed by atoms with Crippen molar-refractivity contribution in [2.75, 3.05) is 30.3 Å². The van der Waals surface area contributed by atoms with Crippen LogP contribution in [0.3, 0.4) is 0 Å². The van der Waals surface area contributed by atoms with Crippen LogP contribution in [0.25, 0.3) is 11.1 Å². The van der Waals surface area contributed by atoms with Crippen LogP contribution < -0.4 is 16.0 Å². The molecule has 0 aromatic heterocycles. The Bertz CT molecular complexity index is 1550. The monoisotopic (exact) mass is 600 g/mol. The normalized spacial score (nSPS) is 14.9. The Kier molecular flexibility index (Phi) is 9.65. The Hall–Kier alpha value is -4.63. The zero-order valence-electron chi connectivity index (χ0n) is 24.4. The van der Waals surface area contributed by atoms with Crippen LogP contribution in [0.15, 0.2) is 103 Å². The molecule has 0 bridgehead atoms. The van der Waals surface area contributed by atoms with Gasteiger partial charge < -0.3 is 16.0 Å². The second-order valence-electron chi connectivity index (χ2n) is 10.8. The highest BCUT2D eigenvalue weighted by atomic mass is 19.4. The van der Waals surface area contributed by atoms with Gasteiger partial charge in [-0.15, -0.1) is 0 Å². The molecule has 1 aliphatic rings. The number of carbonyl (C=O) groups is 2. The van der Waals surface area contributed by atoms with Gasteiger partial charge in [-0.3, -0.25) is 14.5 Å². The van der Waals surface area contributed by atoms with Crippen molar-refractivity contribution in [2.45, 2.75) is 38.0 Å². The predicted octanol–water partition coefficient (Wildman–Crippen LogP) is 7.38. The quantitative estimate of drug-likeness (QED) is 0.188. The maximum absolute atomic E-state index is 13.2. The van der Waals surface area contributed by atoms with Gasteiger partial charge in [0.2, 0.25) is 5.91 Å². The number of likely N-dealkylation sites (N-methyl/N-ethyl adjacent to an activating group) is 1. The largest absolute Gasteiger partial charge is 0.416 e. The van der Waals surface area contributed by atoms with Gasteiger partial charge in [0, 0.05) is 42.6 Å². The SMILES string of the molecule is CCNC(=O)C(c1ccccc1)N1CCC(Nc2ccc(NC(=O)c3ccccc3-c3ccc(C(F)(F)F)cc3)cc2)CC1. The van der Waals surface area contributed by atoms with E-state index in [4.69, 9.17) is 0 Å². The van der Waals surface area contributed by atoms with Crippen LogP contribution >= 0.6 is 0 Å². The molecule has 3 N–H and O–H groups in total. The van der Waals surface area contributed by atoms with Crippen molar-refractivity contribution in [1.82, 2.24) is 10.2 Å². The molecule has 4 aromatic carbocycles. The molecule has 1 atom stereocenters. The highest BCUT2D eigenvalue weighted by Gasteiger charge is 2.31. The standard InChI is InChI=1S/C35H35F3N4O2/c1-2-39-34(44)32(25-8-4-3-5-9-25)42-22-20-29(21-23-42)40-27-16-18-28(19-17-27)41-33(43)31-11-7-6-10-30(31)24-12-14-26(15-13-24)35(36,37)38/h3-19,29,32,40H,2,20-23H2,1H3,(H,39,44)(H,41,43). The van der Waals surface area contributed by atoms with Gasteiger partial charge in [-0.05, 0) is 78.9 Å². The highest BCUT2D eigenvalue weighted by molar-refractivity contribution is 6.08. The van der Waals surface area contributed by atoms with Crippen LogP contribution in [0.5, 0.6) is 0 Å². The van der Waals surface area contributed by atoms with Crippen molar-refractivity contribution in [2.24, 2.45) is 0 Å². The molecule has 228 valence electrons. The molecule has 6 nitrogen and oxygen atoms in total. The number of alkyl halides is 3. The molecule has 0 saturated carbocycles. The van der Waals surface area contributed by atoms with Crippen molar-refractivity contribution in [1.29, 1.82) is 0 Å². The molecule has 1 aliphatic heterocycles. The van der Waals surface area contributed by atoms with E-state index in [9.17, 15) is 22.8 Å². The zero-order chi connectivity index (χ0) is 31.1. The van der Waals surface area contributed by atoms with Gasteiger partial charge in [-0.25, -0.2) is 0 Å². The predicted molar refractivity (Wildman–Crippen MR) is 167 cm³/mol. The summed E-state index contributed by atoms with van der Waals surface area (Å²) in [5.74, 6) is -0.335. The molecular weight excluding hydrogens is 565 g/mol. The second kappa shape index (κ2) is 13.8. The van der Waals surface area contributed by atoms with E-state index in [-0.39, 0.29) is 23.9 Å². The van der Waals surface area contributed by atoms with E-state index in [0.717, 1.165) is 49.3 Å². The molecule has 1 heterocycles. The van der Waals surface area contributed by atoms with Crippen molar-refractivity contribution in [3.8, 4) is 11.1 Å². The fourth-order valence-electron chi connectivity index (χ4n) is 5.59. The number of halogens is 3.